The lowest BCUT2D eigenvalue weighted by molar-refractivity contribution is 1.13. The Morgan fingerprint density at radius 1 is 0.905 bits per heavy atom. The highest BCUT2D eigenvalue weighted by Gasteiger charge is 2.12. The van der Waals surface area contributed by atoms with Gasteiger partial charge in [-0.05, 0) is 56.1 Å². The Bertz CT molecular complexity index is 704. The van der Waals surface area contributed by atoms with Crippen molar-refractivity contribution in [2.24, 2.45) is 0 Å². The van der Waals surface area contributed by atoms with Gasteiger partial charge in [-0.25, -0.2) is 0 Å². The summed E-state index contributed by atoms with van der Waals surface area (Å²) < 4.78 is 1.11. The van der Waals surface area contributed by atoms with Crippen molar-refractivity contribution >= 4 is 38.9 Å². The Hall–Kier alpha value is -1.09. The van der Waals surface area contributed by atoms with Gasteiger partial charge in [0.25, 0.3) is 0 Å². The summed E-state index contributed by atoms with van der Waals surface area (Å²) in [6, 6.07) is 21.2. The molecule has 0 aliphatic carbocycles. The number of benzene rings is 2. The summed E-state index contributed by atoms with van der Waals surface area (Å²) in [6.07, 6.45) is 0.956. The molecule has 3 heteroatoms. The number of thiophene rings is 1. The van der Waals surface area contributed by atoms with E-state index in [9.17, 15) is 0 Å². The standard InChI is InChI=1S/C18H14BrClS/c19-17-11-16(12-21-17)18(20)15-8-6-14(7-9-15)10-13-4-2-1-3-5-13/h1-9,11-12,18H,10H2. The summed E-state index contributed by atoms with van der Waals surface area (Å²) >= 11 is 11.7. The molecule has 0 aliphatic rings. The summed E-state index contributed by atoms with van der Waals surface area (Å²) in [5.74, 6) is 0. The van der Waals surface area contributed by atoms with Gasteiger partial charge in [-0.2, -0.15) is 0 Å². The van der Waals surface area contributed by atoms with E-state index in [2.05, 4.69) is 75.9 Å². The molecule has 3 aromatic rings. The first kappa shape index (κ1) is 14.8. The first-order valence-corrected chi connectivity index (χ1v) is 8.84. The monoisotopic (exact) mass is 376 g/mol. The first-order valence-electron chi connectivity index (χ1n) is 6.73. The molecule has 0 N–H and O–H groups in total. The van der Waals surface area contributed by atoms with E-state index in [0.717, 1.165) is 21.3 Å². The Kier molecular flexibility index (Phi) is 4.79. The van der Waals surface area contributed by atoms with E-state index < -0.39 is 0 Å². The smallest absolute Gasteiger partial charge is 0.0843 e. The van der Waals surface area contributed by atoms with Gasteiger partial charge in [0.1, 0.15) is 0 Å². The van der Waals surface area contributed by atoms with E-state index in [4.69, 9.17) is 11.6 Å². The van der Waals surface area contributed by atoms with Crippen molar-refractivity contribution in [3.05, 3.63) is 92.1 Å². The van der Waals surface area contributed by atoms with Crippen LogP contribution < -0.4 is 0 Å². The average molecular weight is 378 g/mol. The van der Waals surface area contributed by atoms with Crippen molar-refractivity contribution in [1.82, 2.24) is 0 Å². The molecule has 0 radical (unpaired) electrons. The topological polar surface area (TPSA) is 0 Å². The molecule has 21 heavy (non-hydrogen) atoms. The predicted molar refractivity (Wildman–Crippen MR) is 95.4 cm³/mol. The van der Waals surface area contributed by atoms with Crippen molar-refractivity contribution in [3.63, 3.8) is 0 Å². The Morgan fingerprint density at radius 2 is 1.57 bits per heavy atom. The summed E-state index contributed by atoms with van der Waals surface area (Å²) in [7, 11) is 0. The molecule has 0 amide bonds. The van der Waals surface area contributed by atoms with Gasteiger partial charge in [0.05, 0.1) is 9.16 Å². The highest BCUT2D eigenvalue weighted by molar-refractivity contribution is 9.11. The van der Waals surface area contributed by atoms with Crippen LogP contribution in [-0.2, 0) is 6.42 Å². The molecule has 2 aromatic carbocycles. The van der Waals surface area contributed by atoms with Crippen LogP contribution in [0.15, 0.2) is 69.8 Å². The molecule has 3 rings (SSSR count). The highest BCUT2D eigenvalue weighted by atomic mass is 79.9. The largest absolute Gasteiger partial charge is 0.136 e. The van der Waals surface area contributed by atoms with E-state index >= 15 is 0 Å². The molecule has 0 aliphatic heterocycles. The zero-order valence-electron chi connectivity index (χ0n) is 11.3. The number of rotatable bonds is 4. The second kappa shape index (κ2) is 6.78. The summed E-state index contributed by atoms with van der Waals surface area (Å²) in [5.41, 5.74) is 4.91. The van der Waals surface area contributed by atoms with Gasteiger partial charge in [-0.15, -0.1) is 22.9 Å². The van der Waals surface area contributed by atoms with Gasteiger partial charge in [-0.3, -0.25) is 0 Å². The SMILES string of the molecule is ClC(c1ccc(Cc2ccccc2)cc1)c1csc(Br)c1. The first-order chi connectivity index (χ1) is 10.2. The second-order valence-corrected chi connectivity index (χ2v) is 7.68. The van der Waals surface area contributed by atoms with E-state index in [1.807, 2.05) is 6.07 Å². The fraction of sp³-hybridized carbons (Fsp3) is 0.111. The van der Waals surface area contributed by atoms with Gasteiger partial charge in [0.15, 0.2) is 0 Å². The van der Waals surface area contributed by atoms with Crippen molar-refractivity contribution < 1.29 is 0 Å². The quantitative estimate of drug-likeness (QED) is 0.460. The Morgan fingerprint density at radius 3 is 2.19 bits per heavy atom. The minimum atomic E-state index is -0.0849. The number of hydrogen-bond acceptors (Lipinski definition) is 1. The maximum atomic E-state index is 6.54. The van der Waals surface area contributed by atoms with Crippen molar-refractivity contribution in [1.29, 1.82) is 0 Å². The Balaban J connectivity index is 1.75. The molecule has 0 bridgehead atoms. The maximum Gasteiger partial charge on any atom is 0.0843 e. The molecule has 0 saturated heterocycles. The fourth-order valence-electron chi connectivity index (χ4n) is 2.28. The third-order valence-corrected chi connectivity index (χ3v) is 5.43. The van der Waals surface area contributed by atoms with Crippen LogP contribution >= 0.6 is 38.9 Å². The zero-order chi connectivity index (χ0) is 14.7. The number of alkyl halides is 1. The molecule has 0 nitrogen and oxygen atoms in total. The lowest BCUT2D eigenvalue weighted by Gasteiger charge is -2.09. The molecule has 0 fully saturated rings. The number of halogens is 2. The molecule has 1 aromatic heterocycles. The van der Waals surface area contributed by atoms with E-state index in [1.165, 1.54) is 11.1 Å². The third-order valence-electron chi connectivity index (χ3n) is 3.40. The molecular formula is C18H14BrClS. The van der Waals surface area contributed by atoms with Crippen LogP contribution in [0.4, 0.5) is 0 Å². The van der Waals surface area contributed by atoms with Crippen LogP contribution in [0.2, 0.25) is 0 Å². The van der Waals surface area contributed by atoms with E-state index in [1.54, 1.807) is 11.3 Å². The van der Waals surface area contributed by atoms with Gasteiger partial charge < -0.3 is 0 Å². The normalized spacial score (nSPS) is 12.3. The highest BCUT2D eigenvalue weighted by Crippen LogP contribution is 2.33. The van der Waals surface area contributed by atoms with Crippen LogP contribution in [0.5, 0.6) is 0 Å². The zero-order valence-corrected chi connectivity index (χ0v) is 14.5. The van der Waals surface area contributed by atoms with E-state index in [-0.39, 0.29) is 5.38 Å². The lowest BCUT2D eigenvalue weighted by atomic mass is 10.0. The maximum absolute atomic E-state index is 6.54. The average Bonchev–Trinajstić information content (AvgIpc) is 2.95. The predicted octanol–water partition coefficient (Wildman–Crippen LogP) is 6.43. The van der Waals surface area contributed by atoms with Gasteiger partial charge in [0, 0.05) is 0 Å². The molecule has 0 spiro atoms. The minimum absolute atomic E-state index is 0.0849. The lowest BCUT2D eigenvalue weighted by Crippen LogP contribution is -1.93. The third kappa shape index (κ3) is 3.76. The molecule has 0 saturated carbocycles. The van der Waals surface area contributed by atoms with Crippen LogP contribution in [0, 0.1) is 0 Å². The fourth-order valence-corrected chi connectivity index (χ4v) is 3.83. The van der Waals surface area contributed by atoms with Crippen molar-refractivity contribution in [3.8, 4) is 0 Å². The minimum Gasteiger partial charge on any atom is -0.136 e. The van der Waals surface area contributed by atoms with Crippen LogP contribution in [0.3, 0.4) is 0 Å². The van der Waals surface area contributed by atoms with Gasteiger partial charge in [0.2, 0.25) is 0 Å². The summed E-state index contributed by atoms with van der Waals surface area (Å²) in [6.45, 7) is 0. The van der Waals surface area contributed by atoms with Crippen molar-refractivity contribution in [2.45, 2.75) is 11.8 Å². The molecule has 106 valence electrons. The van der Waals surface area contributed by atoms with Crippen LogP contribution in [0.1, 0.15) is 27.6 Å². The van der Waals surface area contributed by atoms with Crippen LogP contribution in [0.25, 0.3) is 0 Å². The van der Waals surface area contributed by atoms with E-state index in [0.29, 0.717) is 0 Å². The Labute approximate surface area is 142 Å². The molecule has 1 heterocycles. The summed E-state index contributed by atoms with van der Waals surface area (Å²) in [5, 5.41) is 2.01. The molecule has 1 unspecified atom stereocenters. The van der Waals surface area contributed by atoms with Gasteiger partial charge >= 0.3 is 0 Å². The van der Waals surface area contributed by atoms with Crippen LogP contribution in [-0.4, -0.2) is 0 Å². The summed E-state index contributed by atoms with van der Waals surface area (Å²) in [4.78, 5) is 0. The van der Waals surface area contributed by atoms with Crippen molar-refractivity contribution in [2.75, 3.05) is 0 Å². The molecular weight excluding hydrogens is 364 g/mol. The number of hydrogen-bond donors (Lipinski definition) is 0. The van der Waals surface area contributed by atoms with Gasteiger partial charge in [-0.1, -0.05) is 54.6 Å². The second-order valence-electron chi connectivity index (χ2n) is 4.95. The molecule has 1 atom stereocenters.